The number of allylic oxidation sites excluding steroid dienone is 1. The Morgan fingerprint density at radius 3 is 2.62 bits per heavy atom. The molecule has 2 heterocycles. The second-order valence-corrected chi connectivity index (χ2v) is 4.56. The van der Waals surface area contributed by atoms with Crippen LogP contribution in [0.15, 0.2) is 60.7 Å². The number of hydrogen-bond acceptors (Lipinski definition) is 3. The molecule has 2 aromatic heterocycles. The summed E-state index contributed by atoms with van der Waals surface area (Å²) in [5.41, 5.74) is 8.78. The highest BCUT2D eigenvalue weighted by Gasteiger charge is 2.10. The van der Waals surface area contributed by atoms with Crippen molar-refractivity contribution < 1.29 is 4.39 Å². The van der Waals surface area contributed by atoms with Gasteiger partial charge in [-0.2, -0.15) is 0 Å². The summed E-state index contributed by atoms with van der Waals surface area (Å²) in [6.07, 6.45) is 3.95. The van der Waals surface area contributed by atoms with Gasteiger partial charge < -0.3 is 11.1 Å². The van der Waals surface area contributed by atoms with Gasteiger partial charge >= 0.3 is 0 Å². The van der Waals surface area contributed by atoms with E-state index in [1.807, 2.05) is 48.7 Å². The first-order chi connectivity index (χ1) is 10.2. The summed E-state index contributed by atoms with van der Waals surface area (Å²) in [6.45, 7) is 0. The molecule has 0 saturated heterocycles. The molecule has 3 aromatic rings. The minimum atomic E-state index is -0.776. The van der Waals surface area contributed by atoms with Crippen molar-refractivity contribution in [2.45, 2.75) is 0 Å². The van der Waals surface area contributed by atoms with E-state index in [0.29, 0.717) is 17.6 Å². The first kappa shape index (κ1) is 13.1. The molecule has 0 unspecified atom stereocenters. The van der Waals surface area contributed by atoms with E-state index in [0.717, 1.165) is 11.1 Å². The van der Waals surface area contributed by atoms with Crippen LogP contribution in [0.25, 0.3) is 22.5 Å². The van der Waals surface area contributed by atoms with Crippen molar-refractivity contribution >= 4 is 17.6 Å². The summed E-state index contributed by atoms with van der Waals surface area (Å²) >= 11 is 0. The maximum absolute atomic E-state index is 13.5. The van der Waals surface area contributed by atoms with Crippen molar-refractivity contribution in [2.75, 3.05) is 0 Å². The fourth-order valence-electron chi connectivity index (χ4n) is 2.18. The van der Waals surface area contributed by atoms with Crippen LogP contribution >= 0.6 is 0 Å². The molecule has 5 heteroatoms. The minimum absolute atomic E-state index is 0.0947. The number of aromatic nitrogens is 2. The summed E-state index contributed by atoms with van der Waals surface area (Å²) in [6, 6.07) is 13.7. The number of halogens is 1. The van der Waals surface area contributed by atoms with Gasteiger partial charge in [0.05, 0.1) is 23.8 Å². The lowest BCUT2D eigenvalue weighted by Crippen LogP contribution is -2.03. The molecule has 0 spiro atoms. The fraction of sp³-hybridized carbons (Fsp3) is 0. The van der Waals surface area contributed by atoms with Crippen molar-refractivity contribution in [3.05, 3.63) is 66.4 Å². The van der Waals surface area contributed by atoms with Gasteiger partial charge in [-0.05, 0) is 23.3 Å². The van der Waals surface area contributed by atoms with Crippen LogP contribution in [0.1, 0.15) is 5.69 Å². The summed E-state index contributed by atoms with van der Waals surface area (Å²) in [4.78, 5) is 4.20. The SMILES string of the molecule is N=C/C(F)=C(\N)c1cnc2ccc(-c3ccccc3)cn12. The Labute approximate surface area is 120 Å². The summed E-state index contributed by atoms with van der Waals surface area (Å²) in [7, 11) is 0. The summed E-state index contributed by atoms with van der Waals surface area (Å²) < 4.78 is 15.2. The van der Waals surface area contributed by atoms with Crippen LogP contribution in [-0.2, 0) is 0 Å². The monoisotopic (exact) mass is 280 g/mol. The van der Waals surface area contributed by atoms with Gasteiger partial charge in [0.25, 0.3) is 0 Å². The molecule has 3 rings (SSSR count). The standard InChI is InChI=1S/C16H13FN4/c17-13(8-18)16(19)14-9-20-15-7-6-12(10-21(14)15)11-4-2-1-3-5-11/h1-10,18H,19H2/b16-13+,18-8?. The lowest BCUT2D eigenvalue weighted by molar-refractivity contribution is 0.685. The zero-order valence-electron chi connectivity index (χ0n) is 11.1. The van der Waals surface area contributed by atoms with Crippen molar-refractivity contribution in [1.29, 1.82) is 5.41 Å². The maximum atomic E-state index is 13.5. The molecule has 0 aliphatic carbocycles. The number of nitrogens with zero attached hydrogens (tertiary/aromatic N) is 2. The van der Waals surface area contributed by atoms with Crippen LogP contribution in [0.2, 0.25) is 0 Å². The Hall–Kier alpha value is -2.95. The largest absolute Gasteiger partial charge is 0.395 e. The van der Waals surface area contributed by atoms with Crippen LogP contribution in [0.3, 0.4) is 0 Å². The number of fused-ring (bicyclic) bond motifs is 1. The predicted molar refractivity (Wildman–Crippen MR) is 81.6 cm³/mol. The first-order valence-electron chi connectivity index (χ1n) is 6.39. The molecule has 0 fully saturated rings. The van der Waals surface area contributed by atoms with Gasteiger partial charge in [0, 0.05) is 6.20 Å². The van der Waals surface area contributed by atoms with Crippen molar-refractivity contribution in [1.82, 2.24) is 9.38 Å². The third-order valence-corrected chi connectivity index (χ3v) is 3.27. The molecule has 0 aliphatic heterocycles. The van der Waals surface area contributed by atoms with E-state index in [1.54, 1.807) is 4.40 Å². The van der Waals surface area contributed by atoms with E-state index >= 15 is 0 Å². The Balaban J connectivity index is 2.19. The lowest BCUT2D eigenvalue weighted by Gasteiger charge is -2.06. The fourth-order valence-corrected chi connectivity index (χ4v) is 2.18. The maximum Gasteiger partial charge on any atom is 0.165 e. The van der Waals surface area contributed by atoms with E-state index in [9.17, 15) is 4.39 Å². The molecule has 0 amide bonds. The normalized spacial score (nSPS) is 12.2. The van der Waals surface area contributed by atoms with Gasteiger partial charge in [0.1, 0.15) is 5.65 Å². The van der Waals surface area contributed by atoms with Gasteiger partial charge in [-0.15, -0.1) is 0 Å². The number of nitrogens with two attached hydrogens (primary N) is 1. The highest BCUT2D eigenvalue weighted by Crippen LogP contribution is 2.22. The van der Waals surface area contributed by atoms with Gasteiger partial charge in [0.2, 0.25) is 0 Å². The Kier molecular flexibility index (Phi) is 3.23. The number of benzene rings is 1. The third kappa shape index (κ3) is 2.29. The number of rotatable bonds is 3. The van der Waals surface area contributed by atoms with Crippen LogP contribution in [0.4, 0.5) is 4.39 Å². The Morgan fingerprint density at radius 1 is 1.14 bits per heavy atom. The molecule has 0 bridgehead atoms. The van der Waals surface area contributed by atoms with E-state index in [-0.39, 0.29) is 5.70 Å². The number of pyridine rings is 1. The van der Waals surface area contributed by atoms with Gasteiger partial charge in [-0.25, -0.2) is 9.37 Å². The summed E-state index contributed by atoms with van der Waals surface area (Å²) in [5.74, 6) is -0.776. The minimum Gasteiger partial charge on any atom is -0.395 e. The predicted octanol–water partition coefficient (Wildman–Crippen LogP) is 3.25. The number of imidazole rings is 1. The molecular formula is C16H13FN4. The molecule has 21 heavy (non-hydrogen) atoms. The average Bonchev–Trinajstić information content (AvgIpc) is 2.97. The molecule has 4 nitrogen and oxygen atoms in total. The molecular weight excluding hydrogens is 267 g/mol. The van der Waals surface area contributed by atoms with Crippen LogP contribution in [-0.4, -0.2) is 15.6 Å². The molecule has 0 aliphatic rings. The average molecular weight is 280 g/mol. The first-order valence-corrected chi connectivity index (χ1v) is 6.39. The molecule has 0 atom stereocenters. The molecule has 104 valence electrons. The van der Waals surface area contributed by atoms with Gasteiger partial charge in [0.15, 0.2) is 5.83 Å². The Bertz CT molecular complexity index is 834. The zero-order chi connectivity index (χ0) is 14.8. The van der Waals surface area contributed by atoms with E-state index < -0.39 is 5.83 Å². The second kappa shape index (κ2) is 5.20. The van der Waals surface area contributed by atoms with E-state index in [2.05, 4.69) is 4.98 Å². The molecule has 0 saturated carbocycles. The highest BCUT2D eigenvalue weighted by molar-refractivity contribution is 5.85. The quantitative estimate of drug-likeness (QED) is 0.723. The van der Waals surface area contributed by atoms with Crippen molar-refractivity contribution in [2.24, 2.45) is 5.73 Å². The lowest BCUT2D eigenvalue weighted by atomic mass is 10.1. The van der Waals surface area contributed by atoms with Crippen molar-refractivity contribution in [3.63, 3.8) is 0 Å². The third-order valence-electron chi connectivity index (χ3n) is 3.27. The van der Waals surface area contributed by atoms with E-state index in [4.69, 9.17) is 11.1 Å². The number of hydrogen-bond donors (Lipinski definition) is 2. The van der Waals surface area contributed by atoms with E-state index in [1.165, 1.54) is 6.20 Å². The molecule has 1 aromatic carbocycles. The van der Waals surface area contributed by atoms with Crippen LogP contribution < -0.4 is 5.73 Å². The topological polar surface area (TPSA) is 67.2 Å². The van der Waals surface area contributed by atoms with Crippen molar-refractivity contribution in [3.8, 4) is 11.1 Å². The Morgan fingerprint density at radius 2 is 1.90 bits per heavy atom. The highest BCUT2D eigenvalue weighted by atomic mass is 19.1. The second-order valence-electron chi connectivity index (χ2n) is 4.56. The molecule has 0 radical (unpaired) electrons. The zero-order valence-corrected chi connectivity index (χ0v) is 11.1. The van der Waals surface area contributed by atoms with Gasteiger partial charge in [-0.3, -0.25) is 4.40 Å². The number of nitrogens with one attached hydrogen (secondary N) is 1. The summed E-state index contributed by atoms with van der Waals surface area (Å²) in [5, 5.41) is 6.96. The smallest absolute Gasteiger partial charge is 0.165 e. The van der Waals surface area contributed by atoms with Crippen LogP contribution in [0, 0.1) is 5.41 Å². The van der Waals surface area contributed by atoms with Crippen LogP contribution in [0.5, 0.6) is 0 Å². The molecule has 3 N–H and O–H groups in total. The van der Waals surface area contributed by atoms with Gasteiger partial charge in [-0.1, -0.05) is 30.3 Å².